The van der Waals surface area contributed by atoms with Crippen molar-refractivity contribution in [2.45, 2.75) is 6.42 Å². The molecular formula is C10H14BrClN2O2S. The molecule has 0 saturated carbocycles. The second kappa shape index (κ2) is 6.58. The number of nitrogens with one attached hydrogen (secondary N) is 2. The van der Waals surface area contributed by atoms with Crippen LogP contribution >= 0.6 is 27.5 Å². The standard InChI is InChI=1S/C10H14BrClN2O2S/c1-13-5-2-6-17(15,16)14-10-7-8(12)3-4-9(10)11/h3-4,7,13-14H,2,5-6H2,1H3. The number of rotatable bonds is 6. The topological polar surface area (TPSA) is 58.2 Å². The number of anilines is 1. The molecule has 0 spiro atoms. The molecule has 0 aliphatic rings. The lowest BCUT2D eigenvalue weighted by Crippen LogP contribution is -2.20. The van der Waals surface area contributed by atoms with Crippen molar-refractivity contribution >= 4 is 43.2 Å². The zero-order valence-corrected chi connectivity index (χ0v) is 12.5. The summed E-state index contributed by atoms with van der Waals surface area (Å²) in [5, 5.41) is 3.39. The van der Waals surface area contributed by atoms with Crippen molar-refractivity contribution in [1.82, 2.24) is 5.32 Å². The molecule has 17 heavy (non-hydrogen) atoms. The predicted octanol–water partition coefficient (Wildman–Crippen LogP) is 2.45. The van der Waals surface area contributed by atoms with Crippen molar-refractivity contribution in [3.8, 4) is 0 Å². The first-order valence-electron chi connectivity index (χ1n) is 5.05. The first kappa shape index (κ1) is 14.8. The van der Waals surface area contributed by atoms with E-state index in [9.17, 15) is 8.42 Å². The van der Waals surface area contributed by atoms with Crippen molar-refractivity contribution in [1.29, 1.82) is 0 Å². The smallest absolute Gasteiger partial charge is 0.232 e. The molecule has 1 aromatic rings. The van der Waals surface area contributed by atoms with E-state index in [0.29, 0.717) is 28.1 Å². The van der Waals surface area contributed by atoms with Gasteiger partial charge < -0.3 is 5.32 Å². The molecule has 0 amide bonds. The van der Waals surface area contributed by atoms with E-state index in [2.05, 4.69) is 26.0 Å². The number of hydrogen-bond acceptors (Lipinski definition) is 3. The van der Waals surface area contributed by atoms with Crippen LogP contribution in [-0.4, -0.2) is 27.8 Å². The van der Waals surface area contributed by atoms with Crippen LogP contribution in [0, 0.1) is 0 Å². The second-order valence-electron chi connectivity index (χ2n) is 3.50. The van der Waals surface area contributed by atoms with Crippen LogP contribution in [0.25, 0.3) is 0 Å². The quantitative estimate of drug-likeness (QED) is 0.781. The summed E-state index contributed by atoms with van der Waals surface area (Å²) in [4.78, 5) is 0. The molecule has 0 fully saturated rings. The highest BCUT2D eigenvalue weighted by Gasteiger charge is 2.12. The van der Waals surface area contributed by atoms with Gasteiger partial charge in [-0.15, -0.1) is 0 Å². The minimum absolute atomic E-state index is 0.0762. The Morgan fingerprint density at radius 3 is 2.76 bits per heavy atom. The molecule has 0 aromatic heterocycles. The molecule has 0 atom stereocenters. The van der Waals surface area contributed by atoms with E-state index in [1.807, 2.05) is 0 Å². The van der Waals surface area contributed by atoms with Gasteiger partial charge in [0.05, 0.1) is 11.4 Å². The van der Waals surface area contributed by atoms with Gasteiger partial charge in [-0.3, -0.25) is 4.72 Å². The molecule has 0 saturated heterocycles. The minimum Gasteiger partial charge on any atom is -0.320 e. The van der Waals surface area contributed by atoms with Crippen LogP contribution in [0.15, 0.2) is 22.7 Å². The Morgan fingerprint density at radius 1 is 1.41 bits per heavy atom. The summed E-state index contributed by atoms with van der Waals surface area (Å²) in [6.07, 6.45) is 0.560. The van der Waals surface area contributed by atoms with E-state index < -0.39 is 10.0 Å². The summed E-state index contributed by atoms with van der Waals surface area (Å²) in [6.45, 7) is 0.664. The molecule has 7 heteroatoms. The van der Waals surface area contributed by atoms with Crippen LogP contribution in [0.1, 0.15) is 6.42 Å². The van der Waals surface area contributed by atoms with Gasteiger partial charge in [0.25, 0.3) is 0 Å². The van der Waals surface area contributed by atoms with E-state index in [1.54, 1.807) is 25.2 Å². The van der Waals surface area contributed by atoms with E-state index in [1.165, 1.54) is 0 Å². The first-order chi connectivity index (χ1) is 7.94. The van der Waals surface area contributed by atoms with Gasteiger partial charge in [-0.2, -0.15) is 0 Å². The van der Waals surface area contributed by atoms with E-state index in [4.69, 9.17) is 11.6 Å². The summed E-state index contributed by atoms with van der Waals surface area (Å²) in [6, 6.07) is 4.96. The van der Waals surface area contributed by atoms with Crippen LogP contribution in [0.3, 0.4) is 0 Å². The highest BCUT2D eigenvalue weighted by molar-refractivity contribution is 9.10. The maximum atomic E-state index is 11.7. The Bertz CT molecular complexity index is 479. The van der Waals surface area contributed by atoms with Crippen molar-refractivity contribution in [3.63, 3.8) is 0 Å². The van der Waals surface area contributed by atoms with Gasteiger partial charge in [0.2, 0.25) is 10.0 Å². The summed E-state index contributed by atoms with van der Waals surface area (Å²) < 4.78 is 26.6. The molecule has 0 radical (unpaired) electrons. The highest BCUT2D eigenvalue weighted by atomic mass is 79.9. The summed E-state index contributed by atoms with van der Waals surface area (Å²) in [5.74, 6) is 0.0762. The van der Waals surface area contributed by atoms with E-state index in [0.717, 1.165) is 0 Å². The SMILES string of the molecule is CNCCCS(=O)(=O)Nc1cc(Cl)ccc1Br. The number of sulfonamides is 1. The molecule has 0 unspecified atom stereocenters. The molecule has 0 bridgehead atoms. The summed E-state index contributed by atoms with van der Waals surface area (Å²) >= 11 is 9.07. The third-order valence-electron chi connectivity index (χ3n) is 2.03. The average Bonchev–Trinajstić information content (AvgIpc) is 2.23. The Labute approximate surface area is 115 Å². The van der Waals surface area contributed by atoms with Crippen LogP contribution in [0.4, 0.5) is 5.69 Å². The van der Waals surface area contributed by atoms with Gasteiger partial charge in [-0.1, -0.05) is 11.6 Å². The number of hydrogen-bond donors (Lipinski definition) is 2. The van der Waals surface area contributed by atoms with Gasteiger partial charge >= 0.3 is 0 Å². The first-order valence-corrected chi connectivity index (χ1v) is 7.87. The van der Waals surface area contributed by atoms with Gasteiger partial charge in [0, 0.05) is 9.50 Å². The van der Waals surface area contributed by atoms with Crippen LogP contribution < -0.4 is 10.0 Å². The molecule has 1 aromatic carbocycles. The fourth-order valence-corrected chi connectivity index (χ4v) is 3.01. The second-order valence-corrected chi connectivity index (χ2v) is 6.63. The molecule has 1 rings (SSSR count). The lowest BCUT2D eigenvalue weighted by atomic mass is 10.3. The maximum Gasteiger partial charge on any atom is 0.232 e. The summed E-state index contributed by atoms with van der Waals surface area (Å²) in [7, 11) is -1.54. The van der Waals surface area contributed by atoms with Crippen LogP contribution in [0.5, 0.6) is 0 Å². The van der Waals surface area contributed by atoms with E-state index in [-0.39, 0.29) is 5.75 Å². The molecule has 96 valence electrons. The lowest BCUT2D eigenvalue weighted by molar-refractivity contribution is 0.597. The fraction of sp³-hybridized carbons (Fsp3) is 0.400. The lowest BCUT2D eigenvalue weighted by Gasteiger charge is -2.09. The van der Waals surface area contributed by atoms with Gasteiger partial charge in [0.1, 0.15) is 0 Å². The summed E-state index contributed by atoms with van der Waals surface area (Å²) in [5.41, 5.74) is 0.460. The zero-order valence-electron chi connectivity index (χ0n) is 9.33. The minimum atomic E-state index is -3.32. The average molecular weight is 342 g/mol. The Balaban J connectivity index is 2.72. The Kier molecular flexibility index (Phi) is 5.72. The van der Waals surface area contributed by atoms with E-state index >= 15 is 0 Å². The monoisotopic (exact) mass is 340 g/mol. The normalized spacial score (nSPS) is 11.5. The molecule has 0 aliphatic heterocycles. The maximum absolute atomic E-state index is 11.7. The molecular weight excluding hydrogens is 328 g/mol. The van der Waals surface area contributed by atoms with Crippen molar-refractivity contribution in [2.75, 3.05) is 24.1 Å². The number of benzene rings is 1. The number of halogens is 2. The van der Waals surface area contributed by atoms with Crippen LogP contribution in [0.2, 0.25) is 5.02 Å². The van der Waals surface area contributed by atoms with Crippen molar-refractivity contribution in [3.05, 3.63) is 27.7 Å². The third kappa shape index (κ3) is 5.25. The predicted molar refractivity (Wildman–Crippen MR) is 75.1 cm³/mol. The Hall–Kier alpha value is -0.300. The van der Waals surface area contributed by atoms with Crippen molar-refractivity contribution in [2.24, 2.45) is 0 Å². The van der Waals surface area contributed by atoms with Gasteiger partial charge in [-0.05, 0) is 54.1 Å². The zero-order chi connectivity index (χ0) is 12.9. The molecule has 0 heterocycles. The Morgan fingerprint density at radius 2 is 2.12 bits per heavy atom. The highest BCUT2D eigenvalue weighted by Crippen LogP contribution is 2.26. The van der Waals surface area contributed by atoms with Gasteiger partial charge in [-0.25, -0.2) is 8.42 Å². The molecule has 2 N–H and O–H groups in total. The van der Waals surface area contributed by atoms with Crippen molar-refractivity contribution < 1.29 is 8.42 Å². The fourth-order valence-electron chi connectivity index (χ4n) is 1.23. The largest absolute Gasteiger partial charge is 0.320 e. The molecule has 0 aliphatic carbocycles. The third-order valence-corrected chi connectivity index (χ3v) is 4.32. The van der Waals surface area contributed by atoms with Gasteiger partial charge in [0.15, 0.2) is 0 Å². The van der Waals surface area contributed by atoms with Crippen LogP contribution in [-0.2, 0) is 10.0 Å². The molecule has 4 nitrogen and oxygen atoms in total.